The second-order valence-corrected chi connectivity index (χ2v) is 8.91. The van der Waals surface area contributed by atoms with Crippen LogP contribution in [0.2, 0.25) is 5.02 Å². The molecule has 1 amide bonds. The Kier molecular flexibility index (Phi) is 5.96. The van der Waals surface area contributed by atoms with Crippen LogP contribution in [0.1, 0.15) is 54.1 Å². The van der Waals surface area contributed by atoms with E-state index in [4.69, 9.17) is 11.6 Å². The van der Waals surface area contributed by atoms with Gasteiger partial charge < -0.3 is 10.4 Å². The number of rotatable bonds is 5. The molecule has 2 aromatic rings. The lowest BCUT2D eigenvalue weighted by Crippen LogP contribution is -2.46. The topological polar surface area (TPSA) is 69.6 Å². The molecule has 4 rings (SSSR count). The average Bonchev–Trinajstić information content (AvgIpc) is 2.74. The second-order valence-electron chi connectivity index (χ2n) is 8.47. The molecule has 2 aliphatic heterocycles. The number of Topliss-reactive ketones (excluding diaryl/α,β-unsaturated/α-hetero) is 1. The van der Waals surface area contributed by atoms with Gasteiger partial charge in [-0.2, -0.15) is 0 Å². The number of piperidine rings is 1. The third kappa shape index (κ3) is 4.43. The molecule has 1 saturated heterocycles. The van der Waals surface area contributed by atoms with Gasteiger partial charge in [0, 0.05) is 48.2 Å². The molecule has 1 fully saturated rings. The van der Waals surface area contributed by atoms with Crippen LogP contribution in [0.15, 0.2) is 42.5 Å². The molecule has 0 saturated carbocycles. The van der Waals surface area contributed by atoms with Crippen LogP contribution in [0.25, 0.3) is 0 Å². The summed E-state index contributed by atoms with van der Waals surface area (Å²) in [6, 6.07) is 13.1. The van der Waals surface area contributed by atoms with Gasteiger partial charge in [-0.25, -0.2) is 0 Å². The molecule has 2 heterocycles. The number of carbonyl (C=O) groups excluding carboxylic acids is 2. The summed E-state index contributed by atoms with van der Waals surface area (Å²) >= 11 is 5.97. The summed E-state index contributed by atoms with van der Waals surface area (Å²) in [6.07, 6.45) is 2.83. The first-order valence-electron chi connectivity index (χ1n) is 10.5. The highest BCUT2D eigenvalue weighted by Gasteiger charge is 2.35. The Morgan fingerprint density at radius 2 is 1.87 bits per heavy atom. The number of nitrogens with zero attached hydrogens (tertiary/aromatic N) is 1. The molecular formula is C24H27ClN2O3. The highest BCUT2D eigenvalue weighted by Crippen LogP contribution is 2.34. The van der Waals surface area contributed by atoms with Crippen LogP contribution in [0.3, 0.4) is 0 Å². The van der Waals surface area contributed by atoms with Crippen LogP contribution in [-0.4, -0.2) is 40.8 Å². The highest BCUT2D eigenvalue weighted by atomic mass is 35.5. The Morgan fingerprint density at radius 1 is 1.17 bits per heavy atom. The predicted octanol–water partition coefficient (Wildman–Crippen LogP) is 4.17. The smallest absolute Gasteiger partial charge is 0.224 e. The standard InChI is InChI=1S/C24H27ClN2O3/c1-16(14-22(28)18-2-8-21-17(15-18)3-9-23(29)26-21)27-12-10-24(30,11-13-27)19-4-6-20(25)7-5-19/h2,4-8,15-16,30H,3,9-14H2,1H3,(H,26,29). The normalized spacial score (nSPS) is 19.6. The number of nitrogens with one attached hydrogen (secondary N) is 1. The number of ketones is 1. The van der Waals surface area contributed by atoms with E-state index in [0.29, 0.717) is 42.7 Å². The number of fused-ring (bicyclic) bond motifs is 1. The first-order valence-corrected chi connectivity index (χ1v) is 10.9. The summed E-state index contributed by atoms with van der Waals surface area (Å²) in [6.45, 7) is 3.55. The zero-order valence-electron chi connectivity index (χ0n) is 17.2. The van der Waals surface area contributed by atoms with Gasteiger partial charge in [0.15, 0.2) is 5.78 Å². The van der Waals surface area contributed by atoms with E-state index < -0.39 is 5.60 Å². The molecule has 0 aliphatic carbocycles. The summed E-state index contributed by atoms with van der Waals surface area (Å²) in [5.41, 5.74) is 2.60. The van der Waals surface area contributed by atoms with Crippen molar-refractivity contribution >= 4 is 29.0 Å². The first kappa shape index (κ1) is 21.0. The van der Waals surface area contributed by atoms with Crippen molar-refractivity contribution in [3.05, 3.63) is 64.2 Å². The molecule has 5 nitrogen and oxygen atoms in total. The maximum absolute atomic E-state index is 12.9. The van der Waals surface area contributed by atoms with Crippen LogP contribution in [0.5, 0.6) is 0 Å². The molecular weight excluding hydrogens is 400 g/mol. The average molecular weight is 427 g/mol. The SMILES string of the molecule is CC(CC(=O)c1ccc2c(c1)CCC(=O)N2)N1CCC(O)(c2ccc(Cl)cc2)CC1. The molecule has 30 heavy (non-hydrogen) atoms. The molecule has 2 aromatic carbocycles. The van der Waals surface area contributed by atoms with E-state index in [0.717, 1.165) is 29.9 Å². The fraction of sp³-hybridized carbons (Fsp3) is 0.417. The van der Waals surface area contributed by atoms with Crippen LogP contribution < -0.4 is 5.32 Å². The third-order valence-electron chi connectivity index (χ3n) is 6.43. The van der Waals surface area contributed by atoms with Crippen LogP contribution in [0.4, 0.5) is 5.69 Å². The van der Waals surface area contributed by atoms with Gasteiger partial charge in [0.1, 0.15) is 0 Å². The Labute approximate surface area is 182 Å². The number of hydrogen-bond donors (Lipinski definition) is 2. The van der Waals surface area contributed by atoms with E-state index >= 15 is 0 Å². The van der Waals surface area contributed by atoms with Gasteiger partial charge in [0.25, 0.3) is 0 Å². The molecule has 1 unspecified atom stereocenters. The Bertz CT molecular complexity index is 949. The summed E-state index contributed by atoms with van der Waals surface area (Å²) < 4.78 is 0. The maximum atomic E-state index is 12.9. The third-order valence-corrected chi connectivity index (χ3v) is 6.69. The van der Waals surface area contributed by atoms with Gasteiger partial charge in [0.05, 0.1) is 5.60 Å². The minimum atomic E-state index is -0.840. The number of amides is 1. The number of likely N-dealkylation sites (tertiary alicyclic amines) is 1. The summed E-state index contributed by atoms with van der Waals surface area (Å²) in [5, 5.41) is 14.6. The van der Waals surface area contributed by atoms with Gasteiger partial charge in [-0.1, -0.05) is 23.7 Å². The minimum Gasteiger partial charge on any atom is -0.385 e. The largest absolute Gasteiger partial charge is 0.385 e. The molecule has 158 valence electrons. The Morgan fingerprint density at radius 3 is 2.57 bits per heavy atom. The van der Waals surface area contributed by atoms with Crippen molar-refractivity contribution in [2.45, 2.75) is 50.7 Å². The van der Waals surface area contributed by atoms with E-state index in [2.05, 4.69) is 17.1 Å². The van der Waals surface area contributed by atoms with Gasteiger partial charge in [-0.3, -0.25) is 14.5 Å². The van der Waals surface area contributed by atoms with Gasteiger partial charge in [-0.05, 0) is 67.6 Å². The monoisotopic (exact) mass is 426 g/mol. The van der Waals surface area contributed by atoms with Crippen molar-refractivity contribution in [3.63, 3.8) is 0 Å². The zero-order valence-corrected chi connectivity index (χ0v) is 17.9. The van der Waals surface area contributed by atoms with E-state index in [9.17, 15) is 14.7 Å². The molecule has 2 aliphatic rings. The summed E-state index contributed by atoms with van der Waals surface area (Å²) in [5.74, 6) is 0.139. The summed E-state index contributed by atoms with van der Waals surface area (Å²) in [7, 11) is 0. The molecule has 2 N–H and O–H groups in total. The fourth-order valence-corrected chi connectivity index (χ4v) is 4.58. The Balaban J connectivity index is 1.35. The molecule has 6 heteroatoms. The number of anilines is 1. The summed E-state index contributed by atoms with van der Waals surface area (Å²) in [4.78, 5) is 26.6. The zero-order chi connectivity index (χ0) is 21.3. The second kappa shape index (κ2) is 8.50. The number of halogens is 1. The van der Waals surface area contributed by atoms with Crippen molar-refractivity contribution in [2.24, 2.45) is 0 Å². The fourth-order valence-electron chi connectivity index (χ4n) is 4.46. The van der Waals surface area contributed by atoms with Gasteiger partial charge in [-0.15, -0.1) is 0 Å². The predicted molar refractivity (Wildman–Crippen MR) is 118 cm³/mol. The molecule has 0 spiro atoms. The van der Waals surface area contributed by atoms with Crippen molar-refractivity contribution in [1.29, 1.82) is 0 Å². The van der Waals surface area contributed by atoms with Crippen LogP contribution in [0, 0.1) is 0 Å². The number of benzene rings is 2. The molecule has 0 aromatic heterocycles. The number of hydrogen-bond acceptors (Lipinski definition) is 4. The molecule has 0 bridgehead atoms. The van der Waals surface area contributed by atoms with Crippen LogP contribution >= 0.6 is 11.6 Å². The van der Waals surface area contributed by atoms with Crippen molar-refractivity contribution < 1.29 is 14.7 Å². The van der Waals surface area contributed by atoms with Crippen molar-refractivity contribution in [3.8, 4) is 0 Å². The van der Waals surface area contributed by atoms with Gasteiger partial charge >= 0.3 is 0 Å². The lowest BCUT2D eigenvalue weighted by molar-refractivity contribution is -0.116. The first-order chi connectivity index (χ1) is 14.3. The quantitative estimate of drug-likeness (QED) is 0.704. The molecule has 0 radical (unpaired) electrons. The van der Waals surface area contributed by atoms with Crippen molar-refractivity contribution in [1.82, 2.24) is 4.90 Å². The van der Waals surface area contributed by atoms with E-state index in [1.165, 1.54) is 0 Å². The number of aliphatic hydroxyl groups is 1. The van der Waals surface area contributed by atoms with Gasteiger partial charge in [0.2, 0.25) is 5.91 Å². The number of carbonyl (C=O) groups is 2. The number of aryl methyl sites for hydroxylation is 1. The lowest BCUT2D eigenvalue weighted by Gasteiger charge is -2.41. The molecule has 1 atom stereocenters. The van der Waals surface area contributed by atoms with Crippen LogP contribution in [-0.2, 0) is 16.8 Å². The maximum Gasteiger partial charge on any atom is 0.224 e. The van der Waals surface area contributed by atoms with E-state index in [1.807, 2.05) is 36.4 Å². The Hall–Kier alpha value is -2.21. The van der Waals surface area contributed by atoms with E-state index in [-0.39, 0.29) is 17.7 Å². The minimum absolute atomic E-state index is 0.0267. The van der Waals surface area contributed by atoms with E-state index in [1.54, 1.807) is 6.07 Å². The van der Waals surface area contributed by atoms with Crippen molar-refractivity contribution in [2.75, 3.05) is 18.4 Å². The highest BCUT2D eigenvalue weighted by molar-refractivity contribution is 6.30. The lowest BCUT2D eigenvalue weighted by atomic mass is 9.84.